The molecule has 0 aromatic heterocycles. The van der Waals surface area contributed by atoms with E-state index in [1.165, 1.54) is 141 Å². The Bertz CT molecular complexity index is 792. The lowest BCUT2D eigenvalue weighted by Gasteiger charge is -2.39. The molecule has 1 fully saturated rings. The van der Waals surface area contributed by atoms with Gasteiger partial charge in [0, 0.05) is 13.0 Å². The van der Waals surface area contributed by atoms with Gasteiger partial charge in [-0.1, -0.05) is 154 Å². The predicted octanol–water partition coefficient (Wildman–Crippen LogP) is 8.86. The summed E-state index contributed by atoms with van der Waals surface area (Å²) in [6, 6.07) is 0. The second-order valence-electron chi connectivity index (χ2n) is 14.8. The van der Waals surface area contributed by atoms with Gasteiger partial charge in [0.05, 0.1) is 19.8 Å². The molecular formula is C42H80O9. The van der Waals surface area contributed by atoms with E-state index in [0.29, 0.717) is 13.0 Å². The third-order valence-corrected chi connectivity index (χ3v) is 9.93. The highest BCUT2D eigenvalue weighted by atomic mass is 16.7. The minimum atomic E-state index is -1.53. The van der Waals surface area contributed by atoms with Crippen molar-refractivity contribution < 1.29 is 44.2 Å². The molecule has 1 heterocycles. The lowest BCUT2D eigenvalue weighted by Crippen LogP contribution is -2.59. The van der Waals surface area contributed by atoms with E-state index in [4.69, 9.17) is 18.9 Å². The van der Waals surface area contributed by atoms with Crippen molar-refractivity contribution in [2.24, 2.45) is 0 Å². The maximum Gasteiger partial charge on any atom is 0.306 e. The van der Waals surface area contributed by atoms with E-state index in [2.05, 4.69) is 19.1 Å². The summed E-state index contributed by atoms with van der Waals surface area (Å²) in [5, 5.41) is 39.6. The number of aliphatic hydroxyl groups excluding tert-OH is 4. The van der Waals surface area contributed by atoms with Crippen molar-refractivity contribution in [2.75, 3.05) is 26.4 Å². The minimum Gasteiger partial charge on any atom is -0.457 e. The number of rotatable bonds is 36. The zero-order chi connectivity index (χ0) is 37.2. The van der Waals surface area contributed by atoms with Crippen molar-refractivity contribution in [3.63, 3.8) is 0 Å². The van der Waals surface area contributed by atoms with Crippen LogP contribution in [0, 0.1) is 0 Å². The summed E-state index contributed by atoms with van der Waals surface area (Å²) in [4.78, 5) is 12.3. The zero-order valence-electron chi connectivity index (χ0n) is 32.9. The van der Waals surface area contributed by atoms with Crippen LogP contribution in [0.3, 0.4) is 0 Å². The van der Waals surface area contributed by atoms with Gasteiger partial charge in [0.1, 0.15) is 30.5 Å². The molecule has 0 radical (unpaired) electrons. The monoisotopic (exact) mass is 729 g/mol. The average Bonchev–Trinajstić information content (AvgIpc) is 3.13. The first-order chi connectivity index (χ1) is 24.9. The van der Waals surface area contributed by atoms with Crippen molar-refractivity contribution in [1.29, 1.82) is 0 Å². The Hall–Kier alpha value is -1.07. The van der Waals surface area contributed by atoms with Gasteiger partial charge in [-0.05, 0) is 38.5 Å². The molecule has 1 rings (SSSR count). The molecule has 1 aliphatic rings. The van der Waals surface area contributed by atoms with E-state index >= 15 is 0 Å². The first-order valence-electron chi connectivity index (χ1n) is 21.3. The Labute approximate surface area is 312 Å². The fourth-order valence-corrected chi connectivity index (χ4v) is 6.52. The number of carbonyl (C=O) groups excluding carboxylic acids is 1. The number of hydrogen-bond acceptors (Lipinski definition) is 9. The second-order valence-corrected chi connectivity index (χ2v) is 14.8. The van der Waals surface area contributed by atoms with Crippen LogP contribution < -0.4 is 0 Å². The summed E-state index contributed by atoms with van der Waals surface area (Å²) in [7, 11) is 0. The molecule has 0 spiro atoms. The van der Waals surface area contributed by atoms with Crippen LogP contribution in [-0.2, 0) is 23.7 Å². The molecule has 4 N–H and O–H groups in total. The van der Waals surface area contributed by atoms with E-state index in [-0.39, 0.29) is 19.2 Å². The number of hydrogen-bond donors (Lipinski definition) is 4. The summed E-state index contributed by atoms with van der Waals surface area (Å²) in [6.07, 6.45) is 30.9. The summed E-state index contributed by atoms with van der Waals surface area (Å²) in [5.41, 5.74) is 0. The molecule has 1 saturated heterocycles. The number of esters is 1. The largest absolute Gasteiger partial charge is 0.457 e. The summed E-state index contributed by atoms with van der Waals surface area (Å²) >= 11 is 0. The van der Waals surface area contributed by atoms with Gasteiger partial charge in [-0.15, -0.1) is 0 Å². The first-order valence-corrected chi connectivity index (χ1v) is 21.3. The van der Waals surface area contributed by atoms with Gasteiger partial charge in [-0.3, -0.25) is 4.79 Å². The van der Waals surface area contributed by atoms with Gasteiger partial charge in [0.15, 0.2) is 6.29 Å². The topological polar surface area (TPSA) is 135 Å². The highest BCUT2D eigenvalue weighted by Gasteiger charge is 2.44. The fourth-order valence-electron chi connectivity index (χ4n) is 6.52. The molecular weight excluding hydrogens is 648 g/mol. The molecule has 0 aromatic rings. The molecule has 6 atom stereocenters. The van der Waals surface area contributed by atoms with Gasteiger partial charge in [0.25, 0.3) is 0 Å². The number of carbonyl (C=O) groups is 1. The molecule has 1 aliphatic heterocycles. The molecule has 9 heteroatoms. The third kappa shape index (κ3) is 26.4. The molecule has 0 saturated carbocycles. The minimum absolute atomic E-state index is 0.113. The Morgan fingerprint density at radius 3 is 1.57 bits per heavy atom. The molecule has 0 aliphatic carbocycles. The Morgan fingerprint density at radius 1 is 0.608 bits per heavy atom. The predicted molar refractivity (Wildman–Crippen MR) is 206 cm³/mol. The van der Waals surface area contributed by atoms with Crippen LogP contribution in [0.5, 0.6) is 0 Å². The normalized spacial score (nSPS) is 21.4. The van der Waals surface area contributed by atoms with Crippen LogP contribution in [0.25, 0.3) is 0 Å². The Balaban J connectivity index is 1.98. The van der Waals surface area contributed by atoms with E-state index in [9.17, 15) is 25.2 Å². The van der Waals surface area contributed by atoms with Gasteiger partial charge in [-0.25, -0.2) is 0 Å². The van der Waals surface area contributed by atoms with Crippen molar-refractivity contribution in [3.05, 3.63) is 12.2 Å². The summed E-state index contributed by atoms with van der Waals surface area (Å²) < 4.78 is 22.4. The molecule has 6 unspecified atom stereocenters. The molecule has 302 valence electrons. The second kappa shape index (κ2) is 34.7. The maximum atomic E-state index is 12.3. The van der Waals surface area contributed by atoms with E-state index < -0.39 is 43.4 Å². The zero-order valence-corrected chi connectivity index (χ0v) is 32.9. The fraction of sp³-hybridized carbons (Fsp3) is 0.929. The van der Waals surface area contributed by atoms with Crippen molar-refractivity contribution in [2.45, 2.75) is 224 Å². The maximum absolute atomic E-state index is 12.3. The van der Waals surface area contributed by atoms with Crippen LogP contribution in [0.4, 0.5) is 0 Å². The first kappa shape index (κ1) is 48.0. The molecule has 51 heavy (non-hydrogen) atoms. The smallest absolute Gasteiger partial charge is 0.306 e. The van der Waals surface area contributed by atoms with Crippen molar-refractivity contribution >= 4 is 5.97 Å². The van der Waals surface area contributed by atoms with Gasteiger partial charge >= 0.3 is 5.97 Å². The number of unbranched alkanes of at least 4 members (excludes halogenated alkanes) is 23. The SMILES string of the molecule is CCCCCCCCCC/C=C\CCCCCCCCCCCCCCCCOCC(COC1OC(CO)C(O)C(O)C1O)OC(=O)CCCC. The quantitative estimate of drug-likeness (QED) is 0.0284. The molecule has 0 aromatic carbocycles. The highest BCUT2D eigenvalue weighted by molar-refractivity contribution is 5.69. The van der Waals surface area contributed by atoms with Crippen molar-refractivity contribution in [3.8, 4) is 0 Å². The van der Waals surface area contributed by atoms with Crippen LogP contribution in [-0.4, -0.2) is 89.6 Å². The lowest BCUT2D eigenvalue weighted by molar-refractivity contribution is -0.305. The number of ether oxygens (including phenoxy) is 4. The van der Waals surface area contributed by atoms with Gasteiger partial charge in [-0.2, -0.15) is 0 Å². The van der Waals surface area contributed by atoms with Gasteiger partial charge in [0.2, 0.25) is 0 Å². The van der Waals surface area contributed by atoms with E-state index in [1.807, 2.05) is 6.92 Å². The van der Waals surface area contributed by atoms with E-state index in [0.717, 1.165) is 25.7 Å². The average molecular weight is 729 g/mol. The van der Waals surface area contributed by atoms with E-state index in [1.54, 1.807) is 0 Å². The molecule has 0 bridgehead atoms. The Kier molecular flexibility index (Phi) is 32.6. The Morgan fingerprint density at radius 2 is 1.08 bits per heavy atom. The summed E-state index contributed by atoms with van der Waals surface area (Å²) in [6.45, 7) is 4.33. The number of allylic oxidation sites excluding steroid dienone is 2. The number of aliphatic hydroxyl groups is 4. The van der Waals surface area contributed by atoms with Gasteiger partial charge < -0.3 is 39.4 Å². The lowest BCUT2D eigenvalue weighted by atomic mass is 9.99. The van der Waals surface area contributed by atoms with Crippen molar-refractivity contribution in [1.82, 2.24) is 0 Å². The molecule has 0 amide bonds. The molecule has 9 nitrogen and oxygen atoms in total. The third-order valence-electron chi connectivity index (χ3n) is 9.93. The standard InChI is InChI=1S/C42H80O9/c1-3-5-7-8-9-10-11-12-13-14-15-16-17-18-19-20-21-22-23-24-25-26-27-28-29-30-32-48-34-36(50-38(44)31-6-4-2)35-49-42-41(47)40(46)39(45)37(33-43)51-42/h14-15,36-37,39-43,45-47H,3-13,16-35H2,1-2H3/b15-14-. The summed E-state index contributed by atoms with van der Waals surface area (Å²) in [5.74, 6) is -0.346. The van der Waals surface area contributed by atoms with Crippen LogP contribution >= 0.6 is 0 Å². The van der Waals surface area contributed by atoms with Crippen LogP contribution in [0.2, 0.25) is 0 Å². The van der Waals surface area contributed by atoms with Crippen LogP contribution in [0.15, 0.2) is 12.2 Å². The highest BCUT2D eigenvalue weighted by Crippen LogP contribution is 2.22. The van der Waals surface area contributed by atoms with Crippen LogP contribution in [0.1, 0.15) is 187 Å².